The van der Waals surface area contributed by atoms with Crippen LogP contribution < -0.4 is 4.74 Å². The lowest BCUT2D eigenvalue weighted by atomic mass is 9.92. The molecule has 0 N–H and O–H groups in total. The van der Waals surface area contributed by atoms with E-state index in [0.29, 0.717) is 5.56 Å². The maximum atomic E-state index is 12.4. The molecule has 1 fully saturated rings. The highest BCUT2D eigenvalue weighted by atomic mass is 19.3. The summed E-state index contributed by atoms with van der Waals surface area (Å²) in [4.78, 5) is 14.2. The van der Waals surface area contributed by atoms with Gasteiger partial charge < -0.3 is 14.4 Å². The number of rotatable bonds is 5. The Morgan fingerprint density at radius 1 is 1.18 bits per heavy atom. The molecule has 22 heavy (non-hydrogen) atoms. The number of alkyl halides is 2. The molecule has 1 saturated carbocycles. The van der Waals surface area contributed by atoms with Crippen LogP contribution in [0.4, 0.5) is 8.78 Å². The van der Waals surface area contributed by atoms with Crippen LogP contribution in [-0.4, -0.2) is 43.7 Å². The average molecular weight is 313 g/mol. The number of hydrogen-bond acceptors (Lipinski definition) is 3. The number of methoxy groups -OCH3 is 1. The number of carbonyl (C=O) groups is 1. The Kier molecular flexibility index (Phi) is 5.71. The molecule has 0 heterocycles. The van der Waals surface area contributed by atoms with Gasteiger partial charge in [-0.05, 0) is 49.9 Å². The van der Waals surface area contributed by atoms with Crippen molar-refractivity contribution >= 4 is 5.91 Å². The van der Waals surface area contributed by atoms with Crippen LogP contribution in [0.25, 0.3) is 0 Å². The summed E-state index contributed by atoms with van der Waals surface area (Å²) in [6.07, 6.45) is 3.99. The maximum absolute atomic E-state index is 12.4. The van der Waals surface area contributed by atoms with E-state index >= 15 is 0 Å². The van der Waals surface area contributed by atoms with Crippen molar-refractivity contribution in [1.29, 1.82) is 0 Å². The molecule has 0 atom stereocenters. The highest BCUT2D eigenvalue weighted by Gasteiger charge is 2.27. The van der Waals surface area contributed by atoms with E-state index in [2.05, 4.69) is 4.74 Å². The lowest BCUT2D eigenvalue weighted by molar-refractivity contribution is -0.0498. The highest BCUT2D eigenvalue weighted by molar-refractivity contribution is 5.94. The molecule has 1 aromatic rings. The first kappa shape index (κ1) is 16.7. The number of amides is 1. The molecule has 0 bridgehead atoms. The van der Waals surface area contributed by atoms with E-state index in [9.17, 15) is 13.6 Å². The minimum absolute atomic E-state index is 0.0507. The van der Waals surface area contributed by atoms with Gasteiger partial charge in [-0.1, -0.05) is 0 Å². The average Bonchev–Trinajstić information content (AvgIpc) is 2.54. The zero-order valence-electron chi connectivity index (χ0n) is 12.8. The standard InChI is InChI=1S/C16H21F2NO3/c1-19(12-5-9-13(21-2)10-6-12)15(20)11-3-7-14(8-4-11)22-16(17)18/h3-4,7-8,12-13,16H,5-6,9-10H2,1-2H3. The molecule has 0 spiro atoms. The first-order chi connectivity index (χ1) is 10.5. The molecule has 0 aromatic heterocycles. The zero-order chi connectivity index (χ0) is 16.1. The Bertz CT molecular complexity index is 485. The molecule has 1 aromatic carbocycles. The molecule has 6 heteroatoms. The summed E-state index contributed by atoms with van der Waals surface area (Å²) in [5.74, 6) is -0.0562. The van der Waals surface area contributed by atoms with Gasteiger partial charge in [0.1, 0.15) is 5.75 Å². The summed E-state index contributed by atoms with van der Waals surface area (Å²) >= 11 is 0. The van der Waals surface area contributed by atoms with Gasteiger partial charge >= 0.3 is 6.61 Å². The summed E-state index contributed by atoms with van der Waals surface area (Å²) in [7, 11) is 3.49. The fraction of sp³-hybridized carbons (Fsp3) is 0.562. The smallest absolute Gasteiger partial charge is 0.387 e. The third-order valence-corrected chi connectivity index (χ3v) is 4.17. The molecular formula is C16H21F2NO3. The number of carbonyl (C=O) groups excluding carboxylic acids is 1. The fourth-order valence-corrected chi connectivity index (χ4v) is 2.82. The van der Waals surface area contributed by atoms with Gasteiger partial charge in [-0.3, -0.25) is 4.79 Å². The minimum Gasteiger partial charge on any atom is -0.435 e. The summed E-state index contributed by atoms with van der Waals surface area (Å²) in [5.41, 5.74) is 0.470. The molecule has 0 aliphatic heterocycles. The second kappa shape index (κ2) is 7.54. The van der Waals surface area contributed by atoms with Crippen LogP contribution in [0.5, 0.6) is 5.75 Å². The van der Waals surface area contributed by atoms with Gasteiger partial charge in [0.25, 0.3) is 5.91 Å². The molecule has 1 amide bonds. The van der Waals surface area contributed by atoms with Gasteiger partial charge in [0.2, 0.25) is 0 Å². The van der Waals surface area contributed by atoms with Gasteiger partial charge in [0.05, 0.1) is 6.10 Å². The lowest BCUT2D eigenvalue weighted by Gasteiger charge is -2.34. The number of hydrogen-bond donors (Lipinski definition) is 0. The zero-order valence-corrected chi connectivity index (χ0v) is 12.8. The van der Waals surface area contributed by atoms with E-state index in [4.69, 9.17) is 4.74 Å². The van der Waals surface area contributed by atoms with Gasteiger partial charge in [-0.25, -0.2) is 0 Å². The predicted molar refractivity (Wildman–Crippen MR) is 78.2 cm³/mol. The van der Waals surface area contributed by atoms with Crippen LogP contribution in [0.2, 0.25) is 0 Å². The van der Waals surface area contributed by atoms with Crippen molar-refractivity contribution in [2.45, 2.75) is 44.4 Å². The number of halogens is 2. The topological polar surface area (TPSA) is 38.8 Å². The lowest BCUT2D eigenvalue weighted by Crippen LogP contribution is -2.40. The molecule has 0 saturated heterocycles. The van der Waals surface area contributed by atoms with E-state index < -0.39 is 6.61 Å². The Labute approximate surface area is 129 Å². The van der Waals surface area contributed by atoms with Crippen LogP contribution in [0.3, 0.4) is 0 Å². The van der Waals surface area contributed by atoms with E-state index in [1.807, 2.05) is 0 Å². The SMILES string of the molecule is COC1CCC(N(C)C(=O)c2ccc(OC(F)F)cc2)CC1. The van der Waals surface area contributed by atoms with Gasteiger partial charge in [0, 0.05) is 25.8 Å². The normalized spacial score (nSPS) is 21.7. The monoisotopic (exact) mass is 313 g/mol. The largest absolute Gasteiger partial charge is 0.435 e. The second-order valence-electron chi connectivity index (χ2n) is 5.49. The van der Waals surface area contributed by atoms with Crippen LogP contribution >= 0.6 is 0 Å². The first-order valence-corrected chi connectivity index (χ1v) is 7.36. The van der Waals surface area contributed by atoms with Crippen molar-refractivity contribution in [2.24, 2.45) is 0 Å². The fourth-order valence-electron chi connectivity index (χ4n) is 2.82. The third kappa shape index (κ3) is 4.16. The number of nitrogens with zero attached hydrogens (tertiary/aromatic N) is 1. The summed E-state index contributed by atoms with van der Waals surface area (Å²) < 4.78 is 33.8. The Morgan fingerprint density at radius 2 is 1.77 bits per heavy atom. The molecule has 122 valence electrons. The molecule has 2 rings (SSSR count). The van der Waals surface area contributed by atoms with Crippen molar-refractivity contribution in [2.75, 3.05) is 14.2 Å². The van der Waals surface area contributed by atoms with E-state index in [-0.39, 0.29) is 23.8 Å². The second-order valence-corrected chi connectivity index (χ2v) is 5.49. The summed E-state index contributed by atoms with van der Waals surface area (Å²) in [6, 6.07) is 5.98. The van der Waals surface area contributed by atoms with Crippen LogP contribution in [0.15, 0.2) is 24.3 Å². The minimum atomic E-state index is -2.86. The van der Waals surface area contributed by atoms with Crippen molar-refractivity contribution in [3.63, 3.8) is 0 Å². The number of benzene rings is 1. The Morgan fingerprint density at radius 3 is 2.27 bits per heavy atom. The van der Waals surface area contributed by atoms with Crippen molar-refractivity contribution < 1.29 is 23.0 Å². The molecule has 0 radical (unpaired) electrons. The van der Waals surface area contributed by atoms with Crippen LogP contribution in [-0.2, 0) is 4.74 Å². The molecule has 0 unspecified atom stereocenters. The maximum Gasteiger partial charge on any atom is 0.387 e. The Hall–Kier alpha value is -1.69. The predicted octanol–water partition coefficient (Wildman–Crippen LogP) is 3.32. The van der Waals surface area contributed by atoms with E-state index in [1.165, 1.54) is 24.3 Å². The number of ether oxygens (including phenoxy) is 2. The van der Waals surface area contributed by atoms with Crippen molar-refractivity contribution in [3.8, 4) is 5.75 Å². The van der Waals surface area contributed by atoms with Crippen molar-refractivity contribution in [1.82, 2.24) is 4.90 Å². The highest BCUT2D eigenvalue weighted by Crippen LogP contribution is 2.25. The molecule has 1 aliphatic carbocycles. The quantitative estimate of drug-likeness (QED) is 0.837. The summed E-state index contributed by atoms with van der Waals surface area (Å²) in [6.45, 7) is -2.86. The Balaban J connectivity index is 1.95. The first-order valence-electron chi connectivity index (χ1n) is 7.36. The van der Waals surface area contributed by atoms with Gasteiger partial charge in [-0.15, -0.1) is 0 Å². The van der Waals surface area contributed by atoms with Crippen molar-refractivity contribution in [3.05, 3.63) is 29.8 Å². The van der Waals surface area contributed by atoms with Gasteiger partial charge in [-0.2, -0.15) is 8.78 Å². The molecule has 4 nitrogen and oxygen atoms in total. The summed E-state index contributed by atoms with van der Waals surface area (Å²) in [5, 5.41) is 0. The molecule has 1 aliphatic rings. The third-order valence-electron chi connectivity index (χ3n) is 4.17. The van der Waals surface area contributed by atoms with E-state index in [1.54, 1.807) is 19.1 Å². The van der Waals surface area contributed by atoms with Crippen LogP contribution in [0.1, 0.15) is 36.0 Å². The van der Waals surface area contributed by atoms with Crippen LogP contribution in [0, 0.1) is 0 Å². The van der Waals surface area contributed by atoms with Gasteiger partial charge in [0.15, 0.2) is 0 Å². The van der Waals surface area contributed by atoms with E-state index in [0.717, 1.165) is 25.7 Å². The molecular weight excluding hydrogens is 292 g/mol.